The highest BCUT2D eigenvalue weighted by molar-refractivity contribution is 7.12. The molecule has 1 saturated heterocycles. The Bertz CT molecular complexity index is 570. The quantitative estimate of drug-likeness (QED) is 0.887. The van der Waals surface area contributed by atoms with Crippen LogP contribution in [-0.4, -0.2) is 36.5 Å². The lowest BCUT2D eigenvalue weighted by Crippen LogP contribution is -2.49. The maximum absolute atomic E-state index is 12.5. The summed E-state index contributed by atoms with van der Waals surface area (Å²) in [6, 6.07) is 2.05. The highest BCUT2D eigenvalue weighted by atomic mass is 32.1. The summed E-state index contributed by atoms with van der Waals surface area (Å²) in [5.74, 6) is -0.0303. The molecule has 0 saturated carbocycles. The molecule has 1 aliphatic heterocycles. The summed E-state index contributed by atoms with van der Waals surface area (Å²) in [6.45, 7) is 9.95. The van der Waals surface area contributed by atoms with E-state index in [1.165, 1.54) is 15.3 Å². The van der Waals surface area contributed by atoms with E-state index in [2.05, 4.69) is 30.5 Å². The topological polar surface area (TPSA) is 61.4 Å². The number of piperidine rings is 1. The van der Waals surface area contributed by atoms with Gasteiger partial charge in [-0.2, -0.15) is 0 Å². The molecular weight excluding hydrogens is 310 g/mol. The Kier molecular flexibility index (Phi) is 6.04. The fourth-order valence-electron chi connectivity index (χ4n) is 3.13. The third-order valence-corrected chi connectivity index (χ3v) is 5.30. The Hall–Kier alpha value is -1.56. The SMILES string of the molecule is CCNC(=O)[C@H]1CCCN(C(=O)N[C@@H](C)c2cc(C)sc2C)C1. The van der Waals surface area contributed by atoms with Crippen molar-refractivity contribution < 1.29 is 9.59 Å². The van der Waals surface area contributed by atoms with E-state index in [-0.39, 0.29) is 23.9 Å². The zero-order valence-electron chi connectivity index (χ0n) is 14.4. The molecule has 0 aliphatic carbocycles. The number of carbonyl (C=O) groups excluding carboxylic acids is 2. The van der Waals surface area contributed by atoms with Crippen LogP contribution >= 0.6 is 11.3 Å². The van der Waals surface area contributed by atoms with Crippen LogP contribution in [0.15, 0.2) is 6.07 Å². The lowest BCUT2D eigenvalue weighted by molar-refractivity contribution is -0.126. The number of urea groups is 1. The minimum absolute atomic E-state index is 0.0164. The number of thiophene rings is 1. The number of hydrogen-bond acceptors (Lipinski definition) is 3. The number of likely N-dealkylation sites (tertiary alicyclic amines) is 1. The van der Waals surface area contributed by atoms with Crippen LogP contribution in [0.2, 0.25) is 0 Å². The van der Waals surface area contributed by atoms with Gasteiger partial charge in [0.05, 0.1) is 12.0 Å². The van der Waals surface area contributed by atoms with Crippen LogP contribution < -0.4 is 10.6 Å². The largest absolute Gasteiger partial charge is 0.356 e. The molecule has 1 fully saturated rings. The molecule has 2 atom stereocenters. The van der Waals surface area contributed by atoms with Gasteiger partial charge in [0.2, 0.25) is 5.91 Å². The summed E-state index contributed by atoms with van der Waals surface area (Å²) in [5, 5.41) is 5.93. The smallest absolute Gasteiger partial charge is 0.317 e. The van der Waals surface area contributed by atoms with Gasteiger partial charge in [-0.15, -0.1) is 11.3 Å². The van der Waals surface area contributed by atoms with E-state index in [0.717, 1.165) is 19.4 Å². The Balaban J connectivity index is 1.94. The van der Waals surface area contributed by atoms with E-state index in [1.807, 2.05) is 13.8 Å². The van der Waals surface area contributed by atoms with Crippen molar-refractivity contribution >= 4 is 23.3 Å². The van der Waals surface area contributed by atoms with E-state index < -0.39 is 0 Å². The Morgan fingerprint density at radius 3 is 2.78 bits per heavy atom. The molecule has 1 aromatic rings. The van der Waals surface area contributed by atoms with E-state index in [9.17, 15) is 9.59 Å². The molecular formula is C17H27N3O2S. The third-order valence-electron chi connectivity index (χ3n) is 4.32. The van der Waals surface area contributed by atoms with Crippen molar-refractivity contribution in [3.05, 3.63) is 21.4 Å². The molecule has 0 aromatic carbocycles. The standard InChI is InChI=1S/C17H27N3O2S/c1-5-18-16(21)14-7-6-8-20(10-14)17(22)19-12(3)15-9-11(2)23-13(15)4/h9,12,14H,5-8,10H2,1-4H3,(H,18,21)(H,19,22)/t12-,14-/m0/s1. The molecule has 0 unspecified atom stereocenters. The average molecular weight is 337 g/mol. The zero-order chi connectivity index (χ0) is 17.0. The molecule has 6 heteroatoms. The van der Waals surface area contributed by atoms with Gasteiger partial charge in [-0.3, -0.25) is 4.79 Å². The van der Waals surface area contributed by atoms with E-state index in [0.29, 0.717) is 13.1 Å². The fourth-order valence-corrected chi connectivity index (χ4v) is 4.15. The van der Waals surface area contributed by atoms with Crippen LogP contribution in [0.3, 0.4) is 0 Å². The molecule has 5 nitrogen and oxygen atoms in total. The summed E-state index contributed by atoms with van der Waals surface area (Å²) < 4.78 is 0. The van der Waals surface area contributed by atoms with Gasteiger partial charge < -0.3 is 15.5 Å². The second kappa shape index (κ2) is 7.81. The maximum Gasteiger partial charge on any atom is 0.317 e. The van der Waals surface area contributed by atoms with E-state index in [4.69, 9.17) is 0 Å². The minimum atomic E-state index is -0.0881. The van der Waals surface area contributed by atoms with Crippen LogP contribution in [0.4, 0.5) is 4.79 Å². The summed E-state index contributed by atoms with van der Waals surface area (Å²) >= 11 is 1.75. The van der Waals surface area contributed by atoms with Gasteiger partial charge >= 0.3 is 6.03 Å². The fraction of sp³-hybridized carbons (Fsp3) is 0.647. The monoisotopic (exact) mass is 337 g/mol. The highest BCUT2D eigenvalue weighted by Gasteiger charge is 2.28. The van der Waals surface area contributed by atoms with E-state index in [1.54, 1.807) is 16.2 Å². The van der Waals surface area contributed by atoms with Crippen molar-refractivity contribution in [1.82, 2.24) is 15.5 Å². The third kappa shape index (κ3) is 4.47. The molecule has 3 amide bonds. The second-order valence-electron chi connectivity index (χ2n) is 6.22. The molecule has 1 aromatic heterocycles. The number of nitrogens with one attached hydrogen (secondary N) is 2. The molecule has 0 spiro atoms. The average Bonchev–Trinajstić information content (AvgIpc) is 2.86. The number of rotatable bonds is 4. The van der Waals surface area contributed by atoms with Gasteiger partial charge in [0.15, 0.2) is 0 Å². The van der Waals surface area contributed by atoms with Crippen molar-refractivity contribution in [2.75, 3.05) is 19.6 Å². The lowest BCUT2D eigenvalue weighted by atomic mass is 9.97. The van der Waals surface area contributed by atoms with Crippen LogP contribution in [-0.2, 0) is 4.79 Å². The van der Waals surface area contributed by atoms with E-state index >= 15 is 0 Å². The Morgan fingerprint density at radius 1 is 1.43 bits per heavy atom. The van der Waals surface area contributed by atoms with Crippen molar-refractivity contribution in [3.8, 4) is 0 Å². The molecule has 0 bridgehead atoms. The van der Waals surface area contributed by atoms with Crippen LogP contribution in [0, 0.1) is 19.8 Å². The number of nitrogens with zero attached hydrogens (tertiary/aromatic N) is 1. The van der Waals surface area contributed by atoms with Crippen molar-refractivity contribution in [2.45, 2.75) is 46.6 Å². The van der Waals surface area contributed by atoms with Crippen LogP contribution in [0.5, 0.6) is 0 Å². The molecule has 2 heterocycles. The van der Waals surface area contributed by atoms with Crippen molar-refractivity contribution in [2.24, 2.45) is 5.92 Å². The van der Waals surface area contributed by atoms with Gasteiger partial charge in [-0.1, -0.05) is 0 Å². The molecule has 2 N–H and O–H groups in total. The first-order chi connectivity index (χ1) is 10.9. The Labute approximate surface area is 142 Å². The highest BCUT2D eigenvalue weighted by Crippen LogP contribution is 2.26. The first kappa shape index (κ1) is 17.8. The Morgan fingerprint density at radius 2 is 2.17 bits per heavy atom. The zero-order valence-corrected chi connectivity index (χ0v) is 15.3. The summed E-state index contributed by atoms with van der Waals surface area (Å²) in [4.78, 5) is 28.8. The number of aryl methyl sites for hydroxylation is 2. The molecule has 2 rings (SSSR count). The van der Waals surface area contributed by atoms with Gasteiger partial charge in [-0.25, -0.2) is 4.79 Å². The predicted octanol–water partition coefficient (Wildman–Crippen LogP) is 2.98. The van der Waals surface area contributed by atoms with Gasteiger partial charge in [-0.05, 0) is 52.2 Å². The summed E-state index contributed by atoms with van der Waals surface area (Å²) in [5.41, 5.74) is 1.18. The van der Waals surface area contributed by atoms with Crippen LogP contribution in [0.25, 0.3) is 0 Å². The first-order valence-electron chi connectivity index (χ1n) is 8.32. The molecule has 1 aliphatic rings. The first-order valence-corrected chi connectivity index (χ1v) is 9.14. The van der Waals surface area contributed by atoms with Crippen molar-refractivity contribution in [1.29, 1.82) is 0 Å². The lowest BCUT2D eigenvalue weighted by Gasteiger charge is -2.33. The summed E-state index contributed by atoms with van der Waals surface area (Å²) in [6.07, 6.45) is 1.73. The molecule has 128 valence electrons. The molecule has 23 heavy (non-hydrogen) atoms. The predicted molar refractivity (Wildman–Crippen MR) is 93.7 cm³/mol. The number of hydrogen-bond donors (Lipinski definition) is 2. The van der Waals surface area contributed by atoms with Gasteiger partial charge in [0.1, 0.15) is 0 Å². The van der Waals surface area contributed by atoms with Gasteiger partial charge in [0, 0.05) is 29.4 Å². The molecule has 0 radical (unpaired) electrons. The maximum atomic E-state index is 12.5. The summed E-state index contributed by atoms with van der Waals surface area (Å²) in [7, 11) is 0. The number of amides is 3. The van der Waals surface area contributed by atoms with Crippen molar-refractivity contribution in [3.63, 3.8) is 0 Å². The minimum Gasteiger partial charge on any atom is -0.356 e. The normalized spacial score (nSPS) is 19.3. The second-order valence-corrected chi connectivity index (χ2v) is 7.68. The number of carbonyl (C=O) groups is 2. The van der Waals surface area contributed by atoms with Gasteiger partial charge in [0.25, 0.3) is 0 Å². The van der Waals surface area contributed by atoms with Crippen LogP contribution in [0.1, 0.15) is 48.0 Å².